The number of hydrogen-bond acceptors (Lipinski definition) is 3. The van der Waals surface area contributed by atoms with Crippen molar-refractivity contribution in [2.24, 2.45) is 5.73 Å². The minimum absolute atomic E-state index is 0.250. The molecule has 4 heteroatoms. The SMILES string of the molecule is CC(C)N(CCC(=N)N)Cc1ccncc1. The molecule has 0 aliphatic carbocycles. The number of pyridine rings is 1. The Morgan fingerprint density at radius 1 is 1.44 bits per heavy atom. The maximum Gasteiger partial charge on any atom is 0.0918 e. The molecule has 0 saturated heterocycles. The minimum Gasteiger partial charge on any atom is -0.388 e. The average molecular weight is 220 g/mol. The van der Waals surface area contributed by atoms with Gasteiger partial charge < -0.3 is 5.73 Å². The van der Waals surface area contributed by atoms with Gasteiger partial charge in [0.1, 0.15) is 0 Å². The number of nitrogens with two attached hydrogens (primary N) is 1. The number of hydrogen-bond donors (Lipinski definition) is 2. The summed E-state index contributed by atoms with van der Waals surface area (Å²) in [6.45, 7) is 6.02. The van der Waals surface area contributed by atoms with E-state index in [0.29, 0.717) is 12.5 Å². The fourth-order valence-corrected chi connectivity index (χ4v) is 1.51. The first-order valence-corrected chi connectivity index (χ1v) is 5.55. The van der Waals surface area contributed by atoms with Gasteiger partial charge in [0.25, 0.3) is 0 Å². The Morgan fingerprint density at radius 2 is 2.06 bits per heavy atom. The van der Waals surface area contributed by atoms with Gasteiger partial charge in [-0.3, -0.25) is 15.3 Å². The Labute approximate surface area is 97.0 Å². The second-order valence-corrected chi connectivity index (χ2v) is 4.19. The zero-order valence-electron chi connectivity index (χ0n) is 9.98. The molecule has 0 aromatic carbocycles. The molecule has 0 fully saturated rings. The Bertz CT molecular complexity index is 321. The van der Waals surface area contributed by atoms with Gasteiger partial charge in [-0.05, 0) is 31.5 Å². The highest BCUT2D eigenvalue weighted by molar-refractivity contribution is 5.76. The summed E-state index contributed by atoms with van der Waals surface area (Å²) in [4.78, 5) is 6.30. The summed E-state index contributed by atoms with van der Waals surface area (Å²) < 4.78 is 0. The molecule has 1 heterocycles. The van der Waals surface area contributed by atoms with Crippen molar-refractivity contribution in [2.45, 2.75) is 32.9 Å². The van der Waals surface area contributed by atoms with E-state index in [1.165, 1.54) is 5.56 Å². The molecule has 1 aromatic rings. The van der Waals surface area contributed by atoms with E-state index in [0.717, 1.165) is 13.1 Å². The molecule has 88 valence electrons. The molecular weight excluding hydrogens is 200 g/mol. The summed E-state index contributed by atoms with van der Waals surface area (Å²) in [5, 5.41) is 7.25. The summed E-state index contributed by atoms with van der Waals surface area (Å²) >= 11 is 0. The van der Waals surface area contributed by atoms with E-state index in [9.17, 15) is 0 Å². The highest BCUT2D eigenvalue weighted by Gasteiger charge is 2.10. The second kappa shape index (κ2) is 6.23. The smallest absolute Gasteiger partial charge is 0.0918 e. The van der Waals surface area contributed by atoms with Gasteiger partial charge in [0, 0.05) is 37.9 Å². The van der Waals surface area contributed by atoms with Crippen molar-refractivity contribution in [2.75, 3.05) is 6.54 Å². The summed E-state index contributed by atoms with van der Waals surface area (Å²) in [6, 6.07) is 4.49. The molecule has 0 saturated carbocycles. The first-order chi connectivity index (χ1) is 7.59. The van der Waals surface area contributed by atoms with Crippen molar-refractivity contribution in [3.8, 4) is 0 Å². The molecule has 0 bridgehead atoms. The summed E-state index contributed by atoms with van der Waals surface area (Å²) in [5.74, 6) is 0.250. The number of nitrogens with one attached hydrogen (secondary N) is 1. The fraction of sp³-hybridized carbons (Fsp3) is 0.500. The van der Waals surface area contributed by atoms with Crippen LogP contribution in [0.2, 0.25) is 0 Å². The topological polar surface area (TPSA) is 66.0 Å². The lowest BCUT2D eigenvalue weighted by molar-refractivity contribution is 0.219. The molecule has 0 aliphatic rings. The maximum atomic E-state index is 7.25. The highest BCUT2D eigenvalue weighted by atomic mass is 15.1. The van der Waals surface area contributed by atoms with Crippen LogP contribution in [0.15, 0.2) is 24.5 Å². The molecule has 0 spiro atoms. The van der Waals surface area contributed by atoms with Crippen LogP contribution in [-0.2, 0) is 6.54 Å². The fourth-order valence-electron chi connectivity index (χ4n) is 1.51. The lowest BCUT2D eigenvalue weighted by atomic mass is 10.2. The van der Waals surface area contributed by atoms with Crippen LogP contribution in [0, 0.1) is 5.41 Å². The van der Waals surface area contributed by atoms with E-state index in [-0.39, 0.29) is 5.84 Å². The van der Waals surface area contributed by atoms with Gasteiger partial charge in [-0.2, -0.15) is 0 Å². The lowest BCUT2D eigenvalue weighted by Gasteiger charge is -2.26. The van der Waals surface area contributed by atoms with Crippen LogP contribution in [0.25, 0.3) is 0 Å². The van der Waals surface area contributed by atoms with Crippen molar-refractivity contribution in [1.29, 1.82) is 5.41 Å². The van der Waals surface area contributed by atoms with Gasteiger partial charge >= 0.3 is 0 Å². The van der Waals surface area contributed by atoms with Crippen LogP contribution in [-0.4, -0.2) is 28.3 Å². The van der Waals surface area contributed by atoms with Crippen molar-refractivity contribution in [1.82, 2.24) is 9.88 Å². The molecule has 0 radical (unpaired) electrons. The normalized spacial score (nSPS) is 11.0. The highest BCUT2D eigenvalue weighted by Crippen LogP contribution is 2.07. The van der Waals surface area contributed by atoms with E-state index < -0.39 is 0 Å². The van der Waals surface area contributed by atoms with E-state index in [2.05, 4.69) is 23.7 Å². The van der Waals surface area contributed by atoms with Crippen LogP contribution in [0.3, 0.4) is 0 Å². The lowest BCUT2D eigenvalue weighted by Crippen LogP contribution is -2.33. The van der Waals surface area contributed by atoms with Gasteiger partial charge in [0.05, 0.1) is 5.84 Å². The third-order valence-corrected chi connectivity index (χ3v) is 2.53. The largest absolute Gasteiger partial charge is 0.388 e. The van der Waals surface area contributed by atoms with E-state index in [1.54, 1.807) is 12.4 Å². The summed E-state index contributed by atoms with van der Waals surface area (Å²) in [5.41, 5.74) is 6.62. The van der Waals surface area contributed by atoms with E-state index in [1.807, 2.05) is 12.1 Å². The summed E-state index contributed by atoms with van der Waals surface area (Å²) in [7, 11) is 0. The monoisotopic (exact) mass is 220 g/mol. The zero-order valence-corrected chi connectivity index (χ0v) is 9.98. The Morgan fingerprint density at radius 3 is 2.56 bits per heavy atom. The van der Waals surface area contributed by atoms with Gasteiger partial charge in [0.2, 0.25) is 0 Å². The molecule has 3 N–H and O–H groups in total. The predicted octanol–water partition coefficient (Wildman–Crippen LogP) is 1.62. The molecule has 0 aliphatic heterocycles. The molecule has 16 heavy (non-hydrogen) atoms. The Kier molecular flexibility index (Phi) is 4.92. The third kappa shape index (κ3) is 4.40. The van der Waals surface area contributed by atoms with Crippen LogP contribution >= 0.6 is 0 Å². The van der Waals surface area contributed by atoms with Crippen molar-refractivity contribution < 1.29 is 0 Å². The average Bonchev–Trinajstić information content (AvgIpc) is 2.25. The Hall–Kier alpha value is -1.42. The zero-order chi connectivity index (χ0) is 12.0. The standard InChI is InChI=1S/C12H20N4/c1-10(2)16(8-5-12(13)14)9-11-3-6-15-7-4-11/h3-4,6-7,10H,5,8-9H2,1-2H3,(H3,13,14). The molecule has 0 unspecified atom stereocenters. The maximum absolute atomic E-state index is 7.25. The van der Waals surface area contributed by atoms with Crippen LogP contribution < -0.4 is 5.73 Å². The van der Waals surface area contributed by atoms with E-state index in [4.69, 9.17) is 11.1 Å². The third-order valence-electron chi connectivity index (χ3n) is 2.53. The van der Waals surface area contributed by atoms with Crippen molar-refractivity contribution >= 4 is 5.84 Å². The van der Waals surface area contributed by atoms with Gasteiger partial charge in [-0.1, -0.05) is 0 Å². The van der Waals surface area contributed by atoms with Crippen molar-refractivity contribution in [3.63, 3.8) is 0 Å². The quantitative estimate of drug-likeness (QED) is 0.565. The minimum atomic E-state index is 0.250. The van der Waals surface area contributed by atoms with E-state index >= 15 is 0 Å². The van der Waals surface area contributed by atoms with Crippen molar-refractivity contribution in [3.05, 3.63) is 30.1 Å². The van der Waals surface area contributed by atoms with Crippen LogP contribution in [0.1, 0.15) is 25.8 Å². The van der Waals surface area contributed by atoms with Gasteiger partial charge in [-0.15, -0.1) is 0 Å². The number of rotatable bonds is 6. The predicted molar refractivity (Wildman–Crippen MR) is 66.3 cm³/mol. The summed E-state index contributed by atoms with van der Waals surface area (Å²) in [6.07, 6.45) is 4.24. The first-order valence-electron chi connectivity index (χ1n) is 5.55. The molecule has 1 aromatic heterocycles. The van der Waals surface area contributed by atoms with Gasteiger partial charge in [-0.25, -0.2) is 0 Å². The molecule has 0 atom stereocenters. The van der Waals surface area contributed by atoms with Gasteiger partial charge in [0.15, 0.2) is 0 Å². The number of nitrogens with zero attached hydrogens (tertiary/aromatic N) is 2. The number of amidine groups is 1. The Balaban J connectivity index is 2.54. The first kappa shape index (κ1) is 12.6. The molecule has 1 rings (SSSR count). The van der Waals surface area contributed by atoms with Crippen LogP contribution in [0.4, 0.5) is 0 Å². The second-order valence-electron chi connectivity index (χ2n) is 4.19. The molecule has 4 nitrogen and oxygen atoms in total. The van der Waals surface area contributed by atoms with Crippen LogP contribution in [0.5, 0.6) is 0 Å². The molecule has 0 amide bonds. The number of aromatic nitrogens is 1. The molecular formula is C12H20N4.